The van der Waals surface area contributed by atoms with Gasteiger partial charge in [-0.2, -0.15) is 0 Å². The first-order valence-corrected chi connectivity index (χ1v) is 9.31. The van der Waals surface area contributed by atoms with E-state index in [1.54, 1.807) is 5.57 Å². The summed E-state index contributed by atoms with van der Waals surface area (Å²) in [6, 6.07) is 0. The Morgan fingerprint density at radius 1 is 1.00 bits per heavy atom. The first-order chi connectivity index (χ1) is 10.1. The summed E-state index contributed by atoms with van der Waals surface area (Å²) in [5, 5.41) is 0. The Labute approximate surface area is 129 Å². The van der Waals surface area contributed by atoms with Crippen LogP contribution in [-0.2, 0) is 4.79 Å². The van der Waals surface area contributed by atoms with E-state index in [4.69, 9.17) is 0 Å². The molecule has 4 aliphatic carbocycles. The van der Waals surface area contributed by atoms with Crippen LogP contribution in [0.2, 0.25) is 0 Å². The van der Waals surface area contributed by atoms with Gasteiger partial charge in [-0.25, -0.2) is 0 Å². The zero-order valence-corrected chi connectivity index (χ0v) is 13.7. The molecular weight excluding hydrogens is 256 g/mol. The molecular formula is C20H30O. The molecule has 1 heteroatoms. The van der Waals surface area contributed by atoms with Crippen LogP contribution in [0.1, 0.15) is 71.6 Å². The molecule has 0 aliphatic heterocycles. The average molecular weight is 286 g/mol. The Hall–Kier alpha value is -0.590. The van der Waals surface area contributed by atoms with Crippen molar-refractivity contribution >= 4 is 5.78 Å². The third-order valence-electron chi connectivity index (χ3n) is 7.96. The minimum Gasteiger partial charge on any atom is -0.300 e. The molecule has 0 heterocycles. The van der Waals surface area contributed by atoms with Crippen LogP contribution in [0.5, 0.6) is 0 Å². The van der Waals surface area contributed by atoms with E-state index in [0.29, 0.717) is 11.2 Å². The van der Waals surface area contributed by atoms with Crippen molar-refractivity contribution in [1.82, 2.24) is 0 Å². The van der Waals surface area contributed by atoms with E-state index in [-0.39, 0.29) is 0 Å². The van der Waals surface area contributed by atoms with Gasteiger partial charge in [-0.05, 0) is 86.9 Å². The first kappa shape index (κ1) is 14.0. The van der Waals surface area contributed by atoms with Crippen LogP contribution >= 0.6 is 0 Å². The van der Waals surface area contributed by atoms with Crippen molar-refractivity contribution in [2.75, 3.05) is 0 Å². The van der Waals surface area contributed by atoms with Crippen molar-refractivity contribution in [2.45, 2.75) is 71.6 Å². The number of carbonyl (C=O) groups is 1. The number of fused-ring (bicyclic) bond motifs is 5. The fourth-order valence-corrected chi connectivity index (χ4v) is 6.98. The largest absolute Gasteiger partial charge is 0.300 e. The summed E-state index contributed by atoms with van der Waals surface area (Å²) >= 11 is 0. The minimum absolute atomic E-state index is 0.521. The van der Waals surface area contributed by atoms with Crippen LogP contribution in [0.3, 0.4) is 0 Å². The molecule has 21 heavy (non-hydrogen) atoms. The number of hydrogen-bond donors (Lipinski definition) is 0. The Morgan fingerprint density at radius 3 is 2.67 bits per heavy atom. The molecule has 0 spiro atoms. The van der Waals surface area contributed by atoms with Gasteiger partial charge < -0.3 is 0 Å². The molecule has 0 aromatic heterocycles. The molecule has 4 fully saturated rings. The second-order valence-corrected chi connectivity index (χ2v) is 8.53. The van der Waals surface area contributed by atoms with Crippen LogP contribution < -0.4 is 0 Å². The summed E-state index contributed by atoms with van der Waals surface area (Å²) in [5.74, 6) is 5.05. The molecule has 0 radical (unpaired) electrons. The number of allylic oxidation sites excluding steroid dienone is 2. The van der Waals surface area contributed by atoms with Gasteiger partial charge in [0.05, 0.1) is 0 Å². The van der Waals surface area contributed by atoms with Crippen LogP contribution in [0.25, 0.3) is 0 Å². The van der Waals surface area contributed by atoms with Crippen molar-refractivity contribution in [3.63, 3.8) is 0 Å². The lowest BCUT2D eigenvalue weighted by molar-refractivity contribution is -0.126. The highest BCUT2D eigenvalue weighted by molar-refractivity contribution is 5.79. The number of Topliss-reactive ketones (excluding diaryl/α,β-unsaturated/α-hetero) is 1. The lowest BCUT2D eigenvalue weighted by atomic mass is 9.50. The average Bonchev–Trinajstić information content (AvgIpc) is 2.83. The number of hydrogen-bond acceptors (Lipinski definition) is 1. The molecule has 0 amide bonds. The molecule has 0 aromatic rings. The second-order valence-electron chi connectivity index (χ2n) is 8.53. The fourth-order valence-electron chi connectivity index (χ4n) is 6.98. The Balaban J connectivity index is 1.59. The Kier molecular flexibility index (Phi) is 3.32. The molecule has 0 N–H and O–H groups in total. The summed E-state index contributed by atoms with van der Waals surface area (Å²) in [6.45, 7) is 4.81. The zero-order valence-electron chi connectivity index (χ0n) is 13.7. The highest BCUT2D eigenvalue weighted by atomic mass is 16.1. The van der Waals surface area contributed by atoms with E-state index in [1.807, 2.05) is 0 Å². The SMILES string of the molecule is C/C=C1\CCC2C3CCC4CC(=O)CC[C@@H]4C3CC[C@]12C. The van der Waals surface area contributed by atoms with Crippen LogP contribution in [0.4, 0.5) is 0 Å². The monoisotopic (exact) mass is 286 g/mol. The number of ketones is 1. The molecule has 4 saturated carbocycles. The molecule has 1 nitrogen and oxygen atoms in total. The number of rotatable bonds is 0. The smallest absolute Gasteiger partial charge is 0.133 e. The third-order valence-corrected chi connectivity index (χ3v) is 7.96. The Bertz CT molecular complexity index is 476. The molecule has 116 valence electrons. The molecule has 4 rings (SSSR count). The van der Waals surface area contributed by atoms with Crippen molar-refractivity contribution in [3.8, 4) is 0 Å². The highest BCUT2D eigenvalue weighted by Gasteiger charge is 2.54. The highest BCUT2D eigenvalue weighted by Crippen LogP contribution is 2.63. The summed E-state index contributed by atoms with van der Waals surface area (Å²) < 4.78 is 0. The predicted molar refractivity (Wildman–Crippen MR) is 85.9 cm³/mol. The molecule has 6 atom stereocenters. The van der Waals surface area contributed by atoms with Gasteiger partial charge in [-0.1, -0.05) is 18.6 Å². The first-order valence-electron chi connectivity index (χ1n) is 9.31. The number of carbonyl (C=O) groups excluding carboxylic acids is 1. The van der Waals surface area contributed by atoms with E-state index in [1.165, 1.54) is 44.9 Å². The van der Waals surface area contributed by atoms with E-state index in [0.717, 1.165) is 42.4 Å². The predicted octanol–water partition coefficient (Wildman–Crippen LogP) is 5.15. The minimum atomic E-state index is 0.521. The lowest BCUT2D eigenvalue weighted by Crippen LogP contribution is -2.47. The maximum Gasteiger partial charge on any atom is 0.133 e. The summed E-state index contributed by atoms with van der Waals surface area (Å²) in [5.41, 5.74) is 2.28. The van der Waals surface area contributed by atoms with Gasteiger partial charge in [0.25, 0.3) is 0 Å². The maximum atomic E-state index is 11.8. The standard InChI is InChI=1S/C20H30O/c1-3-14-5-9-19-18-7-4-13-12-15(21)6-8-16(13)17(18)10-11-20(14,19)2/h3,13,16-19H,4-12H2,1-2H3/b14-3+/t13?,16-,17?,18?,19?,20+/m0/s1. The molecule has 0 saturated heterocycles. The topological polar surface area (TPSA) is 17.1 Å². The van der Waals surface area contributed by atoms with Gasteiger partial charge in [0.1, 0.15) is 5.78 Å². The van der Waals surface area contributed by atoms with Crippen LogP contribution in [-0.4, -0.2) is 5.78 Å². The van der Waals surface area contributed by atoms with E-state index in [9.17, 15) is 4.79 Å². The fraction of sp³-hybridized carbons (Fsp3) is 0.850. The lowest BCUT2D eigenvalue weighted by Gasteiger charge is -2.54. The van der Waals surface area contributed by atoms with Crippen molar-refractivity contribution in [3.05, 3.63) is 11.6 Å². The van der Waals surface area contributed by atoms with Gasteiger partial charge in [0, 0.05) is 12.8 Å². The molecule has 4 unspecified atom stereocenters. The molecule has 4 aliphatic rings. The van der Waals surface area contributed by atoms with Crippen molar-refractivity contribution < 1.29 is 4.79 Å². The van der Waals surface area contributed by atoms with Gasteiger partial charge in [0.2, 0.25) is 0 Å². The van der Waals surface area contributed by atoms with Crippen molar-refractivity contribution in [2.24, 2.45) is 35.0 Å². The summed E-state index contributed by atoms with van der Waals surface area (Å²) in [6.07, 6.45) is 13.8. The Morgan fingerprint density at radius 2 is 1.86 bits per heavy atom. The van der Waals surface area contributed by atoms with Gasteiger partial charge in [0.15, 0.2) is 0 Å². The van der Waals surface area contributed by atoms with Crippen LogP contribution in [0, 0.1) is 35.0 Å². The van der Waals surface area contributed by atoms with Crippen molar-refractivity contribution in [1.29, 1.82) is 0 Å². The summed E-state index contributed by atoms with van der Waals surface area (Å²) in [4.78, 5) is 11.8. The van der Waals surface area contributed by atoms with Gasteiger partial charge in [-0.15, -0.1) is 0 Å². The maximum absolute atomic E-state index is 11.8. The van der Waals surface area contributed by atoms with Gasteiger partial charge in [-0.3, -0.25) is 4.79 Å². The summed E-state index contributed by atoms with van der Waals surface area (Å²) in [7, 11) is 0. The van der Waals surface area contributed by atoms with E-state index < -0.39 is 0 Å². The van der Waals surface area contributed by atoms with Crippen LogP contribution in [0.15, 0.2) is 11.6 Å². The molecule has 0 bridgehead atoms. The van der Waals surface area contributed by atoms with E-state index in [2.05, 4.69) is 19.9 Å². The quantitative estimate of drug-likeness (QED) is 0.562. The van der Waals surface area contributed by atoms with E-state index >= 15 is 0 Å². The zero-order chi connectivity index (χ0) is 14.6. The molecule has 0 aromatic carbocycles. The third kappa shape index (κ3) is 1.99. The second kappa shape index (κ2) is 4.96. The van der Waals surface area contributed by atoms with Gasteiger partial charge >= 0.3 is 0 Å². The normalized spacial score (nSPS) is 51.4.